The van der Waals surface area contributed by atoms with Crippen LogP contribution in [0.5, 0.6) is 0 Å². The molecule has 0 aliphatic carbocycles. The van der Waals surface area contributed by atoms with Crippen LogP contribution in [0, 0.1) is 0 Å². The molecule has 1 aliphatic rings. The van der Waals surface area contributed by atoms with Crippen LogP contribution in [0.25, 0.3) is 10.4 Å². The van der Waals surface area contributed by atoms with Crippen molar-refractivity contribution in [3.05, 3.63) is 10.4 Å². The largest absolute Gasteiger partial charge is 0.394 e. The quantitative estimate of drug-likeness (QED) is 0.134. The molecular weight excluding hydrogens is 352 g/mol. The first-order chi connectivity index (χ1) is 12.5. The van der Waals surface area contributed by atoms with Gasteiger partial charge in [-0.1, -0.05) is 5.11 Å². The molecule has 26 heavy (non-hydrogen) atoms. The second kappa shape index (κ2) is 12.8. The number of azide groups is 1. The molecule has 1 amide bonds. The molecule has 5 atom stereocenters. The van der Waals surface area contributed by atoms with Gasteiger partial charge in [0.25, 0.3) is 0 Å². The van der Waals surface area contributed by atoms with E-state index in [9.17, 15) is 20.1 Å². The van der Waals surface area contributed by atoms with Crippen LogP contribution in [-0.2, 0) is 23.7 Å². The van der Waals surface area contributed by atoms with Crippen molar-refractivity contribution in [1.29, 1.82) is 0 Å². The molecule has 0 radical (unpaired) electrons. The van der Waals surface area contributed by atoms with Crippen molar-refractivity contribution in [2.24, 2.45) is 5.11 Å². The topological polar surface area (TPSA) is 175 Å². The van der Waals surface area contributed by atoms with Gasteiger partial charge in [-0.05, 0) is 5.53 Å². The van der Waals surface area contributed by atoms with E-state index in [2.05, 4.69) is 15.3 Å². The molecule has 12 nitrogen and oxygen atoms in total. The number of amides is 1. The first-order valence-corrected chi connectivity index (χ1v) is 8.18. The van der Waals surface area contributed by atoms with E-state index in [1.165, 1.54) is 6.92 Å². The lowest BCUT2D eigenvalue weighted by Gasteiger charge is -2.42. The summed E-state index contributed by atoms with van der Waals surface area (Å²) in [5.41, 5.74) is 8.09. The fourth-order valence-corrected chi connectivity index (χ4v) is 2.31. The number of hydrogen-bond donors (Lipinski definition) is 4. The molecule has 1 saturated heterocycles. The highest BCUT2D eigenvalue weighted by Gasteiger charge is 2.45. The van der Waals surface area contributed by atoms with Crippen LogP contribution in [0.3, 0.4) is 0 Å². The standard InChI is InChI=1S/C14H26N4O8/c1-9(20)17-11-13(22)12(21)10(8-19)26-14(11)25-7-6-24-5-4-23-3-2-16-18-15/h10-14,19,21-22H,2-8H2,1H3,(H,17,20)/t10-,11-,12+,13-,14+/m1/s1. The summed E-state index contributed by atoms with van der Waals surface area (Å²) in [5, 5.41) is 35.0. The third-order valence-corrected chi connectivity index (χ3v) is 3.53. The molecule has 0 saturated carbocycles. The zero-order valence-electron chi connectivity index (χ0n) is 14.6. The number of carbonyl (C=O) groups is 1. The molecule has 0 aromatic heterocycles. The van der Waals surface area contributed by atoms with Crippen LogP contribution in [-0.4, -0.2) is 98.1 Å². The van der Waals surface area contributed by atoms with E-state index in [0.29, 0.717) is 19.8 Å². The van der Waals surface area contributed by atoms with Gasteiger partial charge in [0.15, 0.2) is 6.29 Å². The van der Waals surface area contributed by atoms with Crippen molar-refractivity contribution in [3.8, 4) is 0 Å². The lowest BCUT2D eigenvalue weighted by Crippen LogP contribution is -2.64. The van der Waals surface area contributed by atoms with Gasteiger partial charge in [0.05, 0.1) is 39.6 Å². The number of aliphatic hydroxyl groups is 3. The number of ether oxygens (including phenoxy) is 4. The summed E-state index contributed by atoms with van der Waals surface area (Å²) in [6, 6.07) is -0.977. The smallest absolute Gasteiger partial charge is 0.217 e. The third-order valence-electron chi connectivity index (χ3n) is 3.53. The summed E-state index contributed by atoms with van der Waals surface area (Å²) in [4.78, 5) is 13.9. The van der Waals surface area contributed by atoms with Crippen LogP contribution in [0.4, 0.5) is 0 Å². The van der Waals surface area contributed by atoms with E-state index >= 15 is 0 Å². The van der Waals surface area contributed by atoms with Crippen molar-refractivity contribution in [1.82, 2.24) is 5.32 Å². The van der Waals surface area contributed by atoms with Crippen LogP contribution in [0.15, 0.2) is 5.11 Å². The second-order valence-electron chi connectivity index (χ2n) is 5.48. The predicted molar refractivity (Wildman–Crippen MR) is 87.0 cm³/mol. The Kier molecular flexibility index (Phi) is 11.1. The summed E-state index contributed by atoms with van der Waals surface area (Å²) in [7, 11) is 0. The van der Waals surface area contributed by atoms with Gasteiger partial charge in [-0.15, -0.1) is 0 Å². The summed E-state index contributed by atoms with van der Waals surface area (Å²) < 4.78 is 21.3. The van der Waals surface area contributed by atoms with E-state index in [1.54, 1.807) is 0 Å². The highest BCUT2D eigenvalue weighted by molar-refractivity contribution is 5.73. The highest BCUT2D eigenvalue weighted by atomic mass is 16.7. The molecule has 12 heteroatoms. The number of carbonyl (C=O) groups excluding carboxylic acids is 1. The Morgan fingerprint density at radius 3 is 2.46 bits per heavy atom. The number of hydrogen-bond acceptors (Lipinski definition) is 9. The number of aliphatic hydroxyl groups excluding tert-OH is 3. The van der Waals surface area contributed by atoms with Gasteiger partial charge in [0.2, 0.25) is 5.91 Å². The van der Waals surface area contributed by atoms with Crippen LogP contribution >= 0.6 is 0 Å². The Bertz CT molecular complexity index is 462. The maximum atomic E-state index is 11.3. The van der Waals surface area contributed by atoms with Crippen LogP contribution in [0.2, 0.25) is 0 Å². The molecule has 150 valence electrons. The number of nitrogens with one attached hydrogen (secondary N) is 1. The van der Waals surface area contributed by atoms with Crippen molar-refractivity contribution in [3.63, 3.8) is 0 Å². The fraction of sp³-hybridized carbons (Fsp3) is 0.929. The van der Waals surface area contributed by atoms with E-state index in [1.807, 2.05) is 0 Å². The monoisotopic (exact) mass is 378 g/mol. The first kappa shape index (κ1) is 22.5. The molecule has 1 aliphatic heterocycles. The van der Waals surface area contributed by atoms with Crippen molar-refractivity contribution in [2.75, 3.05) is 46.2 Å². The van der Waals surface area contributed by atoms with Crippen LogP contribution < -0.4 is 5.32 Å². The van der Waals surface area contributed by atoms with Gasteiger partial charge in [0, 0.05) is 18.4 Å². The molecule has 1 heterocycles. The highest BCUT2D eigenvalue weighted by Crippen LogP contribution is 2.22. The van der Waals surface area contributed by atoms with Gasteiger partial charge in [-0.2, -0.15) is 0 Å². The zero-order chi connectivity index (χ0) is 19.4. The Morgan fingerprint density at radius 2 is 1.85 bits per heavy atom. The SMILES string of the molecule is CC(=O)N[C@H]1[C@@H](OCCOCCOCCN=[N+]=[N-])O[C@H](CO)[C@H](O)[C@@H]1O. The summed E-state index contributed by atoms with van der Waals surface area (Å²) in [6.45, 7) is 2.25. The Morgan fingerprint density at radius 1 is 1.19 bits per heavy atom. The summed E-state index contributed by atoms with van der Waals surface area (Å²) in [6.07, 6.45) is -4.76. The maximum absolute atomic E-state index is 11.3. The average Bonchev–Trinajstić information content (AvgIpc) is 2.62. The van der Waals surface area contributed by atoms with Gasteiger partial charge < -0.3 is 39.6 Å². The fourth-order valence-electron chi connectivity index (χ4n) is 2.31. The molecule has 0 aromatic rings. The zero-order valence-corrected chi connectivity index (χ0v) is 14.6. The number of rotatable bonds is 12. The Hall–Kier alpha value is -1.50. The maximum Gasteiger partial charge on any atom is 0.217 e. The van der Waals surface area contributed by atoms with Crippen molar-refractivity contribution < 1.29 is 39.1 Å². The van der Waals surface area contributed by atoms with E-state index in [-0.39, 0.29) is 19.8 Å². The normalized spacial score (nSPS) is 28.4. The molecule has 1 fully saturated rings. The van der Waals surface area contributed by atoms with E-state index < -0.39 is 43.2 Å². The van der Waals surface area contributed by atoms with Gasteiger partial charge >= 0.3 is 0 Å². The van der Waals surface area contributed by atoms with Gasteiger partial charge in [0.1, 0.15) is 24.4 Å². The first-order valence-electron chi connectivity index (χ1n) is 8.18. The van der Waals surface area contributed by atoms with Gasteiger partial charge in [-0.25, -0.2) is 0 Å². The predicted octanol–water partition coefficient (Wildman–Crippen LogP) is -1.71. The lowest BCUT2D eigenvalue weighted by molar-refractivity contribution is -0.272. The lowest BCUT2D eigenvalue weighted by atomic mass is 9.97. The molecule has 0 bridgehead atoms. The Balaban J connectivity index is 2.30. The molecule has 0 aromatic carbocycles. The van der Waals surface area contributed by atoms with Crippen LogP contribution in [0.1, 0.15) is 6.92 Å². The minimum absolute atomic E-state index is 0.0977. The van der Waals surface area contributed by atoms with E-state index in [4.69, 9.17) is 24.5 Å². The number of nitrogens with zero attached hydrogens (tertiary/aromatic N) is 3. The van der Waals surface area contributed by atoms with Crippen molar-refractivity contribution in [2.45, 2.75) is 37.6 Å². The summed E-state index contributed by atoms with van der Waals surface area (Å²) in [5.74, 6) is -0.421. The summed E-state index contributed by atoms with van der Waals surface area (Å²) >= 11 is 0. The molecule has 1 rings (SSSR count). The second-order valence-corrected chi connectivity index (χ2v) is 5.48. The molecule has 0 spiro atoms. The van der Waals surface area contributed by atoms with E-state index in [0.717, 1.165) is 0 Å². The molecule has 4 N–H and O–H groups in total. The average molecular weight is 378 g/mol. The van der Waals surface area contributed by atoms with Crippen molar-refractivity contribution >= 4 is 5.91 Å². The molecular formula is C14H26N4O8. The Labute approximate surface area is 150 Å². The third kappa shape index (κ3) is 7.81. The van der Waals surface area contributed by atoms with Gasteiger partial charge in [-0.3, -0.25) is 4.79 Å². The molecule has 0 unspecified atom stereocenters. The minimum Gasteiger partial charge on any atom is -0.394 e. The minimum atomic E-state index is -1.35.